The fourth-order valence-electron chi connectivity index (χ4n) is 3.59. The van der Waals surface area contributed by atoms with Crippen LogP contribution in [0, 0.1) is 5.82 Å². The number of anilines is 1. The Balaban J connectivity index is 1.51. The van der Waals surface area contributed by atoms with Crippen LogP contribution in [-0.2, 0) is 16.0 Å². The first kappa shape index (κ1) is 19.9. The first-order chi connectivity index (χ1) is 14.2. The molecule has 0 unspecified atom stereocenters. The van der Waals surface area contributed by atoms with Crippen molar-refractivity contribution in [2.24, 2.45) is 0 Å². The molecule has 0 atom stereocenters. The Morgan fingerprint density at radius 3 is 2.76 bits per heavy atom. The maximum Gasteiger partial charge on any atom is 0.233 e. The summed E-state index contributed by atoms with van der Waals surface area (Å²) in [4.78, 5) is 21.0. The largest absolute Gasteiger partial charge is 0.370 e. The fourth-order valence-corrected chi connectivity index (χ4v) is 4.63. The molecule has 4 rings (SSSR count). The topological polar surface area (TPSA) is 46.9 Å². The highest BCUT2D eigenvalue weighted by Gasteiger charge is 2.21. The van der Waals surface area contributed by atoms with Crippen LogP contribution in [0.1, 0.15) is 12.0 Å². The first-order valence-corrected chi connectivity index (χ1v) is 10.8. The molecule has 2 heterocycles. The van der Waals surface area contributed by atoms with Crippen molar-refractivity contribution in [2.45, 2.75) is 12.8 Å². The maximum absolute atomic E-state index is 13.6. The zero-order valence-corrected chi connectivity index (χ0v) is 17.1. The van der Waals surface area contributed by atoms with E-state index < -0.39 is 0 Å². The van der Waals surface area contributed by atoms with Gasteiger partial charge in [-0.2, -0.15) is 0 Å². The number of benzene rings is 2. The van der Waals surface area contributed by atoms with E-state index in [0.29, 0.717) is 18.1 Å². The number of hydrogen-bond acceptors (Lipinski definition) is 4. The number of halogens is 1. The van der Waals surface area contributed by atoms with Crippen LogP contribution in [0.4, 0.5) is 9.52 Å². The average Bonchev–Trinajstić information content (AvgIpc) is 3.15. The van der Waals surface area contributed by atoms with Gasteiger partial charge in [-0.25, -0.2) is 9.37 Å². The molecular weight excluding hydrogens is 389 g/mol. The second-order valence-corrected chi connectivity index (χ2v) is 8.29. The molecule has 0 aliphatic carbocycles. The highest BCUT2D eigenvalue weighted by atomic mass is 32.1. The molecule has 1 saturated heterocycles. The van der Waals surface area contributed by atoms with E-state index in [2.05, 4.69) is 4.98 Å². The predicted molar refractivity (Wildman–Crippen MR) is 113 cm³/mol. The van der Waals surface area contributed by atoms with Crippen molar-refractivity contribution in [3.63, 3.8) is 0 Å². The summed E-state index contributed by atoms with van der Waals surface area (Å²) in [5.74, 6) is -0.265. The lowest BCUT2D eigenvalue weighted by molar-refractivity contribution is -0.908. The van der Waals surface area contributed by atoms with Crippen molar-refractivity contribution in [1.82, 2.24) is 4.98 Å². The van der Waals surface area contributed by atoms with Crippen LogP contribution >= 0.6 is 11.3 Å². The molecule has 1 amide bonds. The van der Waals surface area contributed by atoms with Crippen LogP contribution in [0.5, 0.6) is 0 Å². The molecule has 7 heteroatoms. The summed E-state index contributed by atoms with van der Waals surface area (Å²) in [5.41, 5.74) is 1.70. The summed E-state index contributed by atoms with van der Waals surface area (Å²) in [5, 5.41) is 0.642. The summed E-state index contributed by atoms with van der Waals surface area (Å²) in [6, 6.07) is 14.3. The van der Waals surface area contributed by atoms with E-state index >= 15 is 0 Å². The Hall–Kier alpha value is -2.35. The number of thiazole rings is 1. The molecule has 5 nitrogen and oxygen atoms in total. The minimum absolute atomic E-state index is 0.0210. The molecule has 3 aromatic rings. The Labute approximate surface area is 173 Å². The van der Waals surface area contributed by atoms with Crippen molar-refractivity contribution in [3.8, 4) is 0 Å². The molecule has 29 heavy (non-hydrogen) atoms. The number of nitrogens with zero attached hydrogens (tertiary/aromatic N) is 2. The van der Waals surface area contributed by atoms with Gasteiger partial charge in [0.2, 0.25) is 5.91 Å². The maximum atomic E-state index is 13.6. The van der Waals surface area contributed by atoms with Gasteiger partial charge in [0.1, 0.15) is 18.9 Å². The van der Waals surface area contributed by atoms with Crippen LogP contribution in [0.25, 0.3) is 10.2 Å². The van der Waals surface area contributed by atoms with E-state index in [0.717, 1.165) is 55.0 Å². The van der Waals surface area contributed by atoms with E-state index in [1.165, 1.54) is 28.4 Å². The van der Waals surface area contributed by atoms with Gasteiger partial charge in [0.05, 0.1) is 36.4 Å². The van der Waals surface area contributed by atoms with Gasteiger partial charge < -0.3 is 9.64 Å². The van der Waals surface area contributed by atoms with Gasteiger partial charge in [0.15, 0.2) is 5.13 Å². The van der Waals surface area contributed by atoms with Crippen molar-refractivity contribution in [1.29, 1.82) is 0 Å². The molecule has 152 valence electrons. The number of carbonyl (C=O) groups is 1. The number of hydrogen-bond donors (Lipinski definition) is 1. The highest BCUT2D eigenvalue weighted by Crippen LogP contribution is 2.30. The third-order valence-electron chi connectivity index (χ3n) is 5.18. The summed E-state index contributed by atoms with van der Waals surface area (Å²) in [7, 11) is 0. The molecule has 0 saturated carbocycles. The number of morpholine rings is 1. The summed E-state index contributed by atoms with van der Waals surface area (Å²) < 4.78 is 19.8. The molecule has 1 aromatic heterocycles. The molecular formula is C22H25FN3O2S+. The Bertz CT molecular complexity index is 957. The van der Waals surface area contributed by atoms with Gasteiger partial charge in [0, 0.05) is 13.0 Å². The van der Waals surface area contributed by atoms with E-state index in [9.17, 15) is 9.18 Å². The van der Waals surface area contributed by atoms with Crippen molar-refractivity contribution < 1.29 is 18.8 Å². The highest BCUT2D eigenvalue weighted by molar-refractivity contribution is 7.22. The van der Waals surface area contributed by atoms with Crippen LogP contribution in [0.15, 0.2) is 48.5 Å². The average molecular weight is 415 g/mol. The zero-order valence-electron chi connectivity index (χ0n) is 16.3. The minimum Gasteiger partial charge on any atom is -0.370 e. The van der Waals surface area contributed by atoms with Crippen LogP contribution in [0.3, 0.4) is 0 Å². The van der Waals surface area contributed by atoms with Crippen LogP contribution in [-0.4, -0.2) is 50.3 Å². The van der Waals surface area contributed by atoms with Crippen LogP contribution in [0.2, 0.25) is 0 Å². The third-order valence-corrected chi connectivity index (χ3v) is 6.22. The van der Waals surface area contributed by atoms with Crippen molar-refractivity contribution in [2.75, 3.05) is 44.3 Å². The molecule has 1 N–H and O–H groups in total. The van der Waals surface area contributed by atoms with Gasteiger partial charge in [-0.3, -0.25) is 9.69 Å². The standard InChI is InChI=1S/C22H24FN3O2S/c23-18-7-8-19-20(16-18)29-22(24-19)26(10-4-9-25-11-13-28-14-12-25)21(27)15-17-5-2-1-3-6-17/h1-3,5-8,16H,4,9-15H2/p+1. The molecule has 0 radical (unpaired) electrons. The number of carbonyl (C=O) groups excluding carboxylic acids is 1. The number of ether oxygens (including phenoxy) is 1. The number of aromatic nitrogens is 1. The molecule has 2 aromatic carbocycles. The quantitative estimate of drug-likeness (QED) is 0.646. The van der Waals surface area contributed by atoms with Gasteiger partial charge in [-0.05, 0) is 23.8 Å². The lowest BCUT2D eigenvalue weighted by atomic mass is 10.1. The van der Waals surface area contributed by atoms with Gasteiger partial charge in [0.25, 0.3) is 0 Å². The van der Waals surface area contributed by atoms with Gasteiger partial charge in [-0.1, -0.05) is 41.7 Å². The lowest BCUT2D eigenvalue weighted by Crippen LogP contribution is -3.14. The van der Waals surface area contributed by atoms with E-state index in [-0.39, 0.29) is 11.7 Å². The SMILES string of the molecule is O=C(Cc1ccccc1)N(CCC[NH+]1CCOCC1)c1nc2ccc(F)cc2s1. The summed E-state index contributed by atoms with van der Waals surface area (Å²) in [6.07, 6.45) is 1.22. The van der Waals surface area contributed by atoms with Gasteiger partial charge in [-0.15, -0.1) is 0 Å². The zero-order chi connectivity index (χ0) is 20.1. The second-order valence-electron chi connectivity index (χ2n) is 7.28. The summed E-state index contributed by atoms with van der Waals surface area (Å²) in [6.45, 7) is 5.23. The number of fused-ring (bicyclic) bond motifs is 1. The van der Waals surface area contributed by atoms with E-state index in [1.807, 2.05) is 30.3 Å². The first-order valence-electron chi connectivity index (χ1n) is 10.0. The lowest BCUT2D eigenvalue weighted by Gasteiger charge is -2.25. The summed E-state index contributed by atoms with van der Waals surface area (Å²) >= 11 is 1.37. The molecule has 1 aliphatic rings. The fraction of sp³-hybridized carbons (Fsp3) is 0.364. The Kier molecular flexibility index (Phi) is 6.49. The molecule has 1 fully saturated rings. The number of quaternary nitrogens is 1. The van der Waals surface area contributed by atoms with Crippen molar-refractivity contribution in [3.05, 3.63) is 59.9 Å². The molecule has 0 bridgehead atoms. The molecule has 0 spiro atoms. The Morgan fingerprint density at radius 1 is 1.17 bits per heavy atom. The normalized spacial score (nSPS) is 14.9. The van der Waals surface area contributed by atoms with E-state index in [1.54, 1.807) is 11.0 Å². The minimum atomic E-state index is -0.286. The molecule has 1 aliphatic heterocycles. The number of nitrogens with one attached hydrogen (secondary N) is 1. The Morgan fingerprint density at radius 2 is 1.97 bits per heavy atom. The predicted octanol–water partition coefficient (Wildman–Crippen LogP) is 2.32. The number of rotatable bonds is 7. The van der Waals surface area contributed by atoms with Crippen molar-refractivity contribution >= 4 is 32.6 Å². The van der Waals surface area contributed by atoms with Crippen LogP contribution < -0.4 is 9.80 Å². The number of amides is 1. The van der Waals surface area contributed by atoms with Gasteiger partial charge >= 0.3 is 0 Å². The third kappa shape index (κ3) is 5.18. The smallest absolute Gasteiger partial charge is 0.233 e. The monoisotopic (exact) mass is 414 g/mol. The van der Waals surface area contributed by atoms with E-state index in [4.69, 9.17) is 4.74 Å². The second kappa shape index (κ2) is 9.43.